The van der Waals surface area contributed by atoms with Gasteiger partial charge in [-0.2, -0.15) is 23.7 Å². The van der Waals surface area contributed by atoms with E-state index in [2.05, 4.69) is 51.5 Å². The molecule has 4 fully saturated rings. The van der Waals surface area contributed by atoms with Gasteiger partial charge < -0.3 is 78.3 Å². The minimum Gasteiger partial charge on any atom is -0.549 e. The zero-order valence-corrected chi connectivity index (χ0v) is 39.7. The molecule has 0 aromatic heterocycles. The first-order valence-electron chi connectivity index (χ1n) is 21.6. The summed E-state index contributed by atoms with van der Waals surface area (Å²) < 4.78 is 47.4. The third-order valence-corrected chi connectivity index (χ3v) is 11.9. The summed E-state index contributed by atoms with van der Waals surface area (Å²) in [6.07, 6.45) is 6.09. The van der Waals surface area contributed by atoms with Crippen LogP contribution in [-0.2, 0) is 20.7 Å². The molecular weight excluding hydrogens is 864 g/mol. The number of amides is 4. The van der Waals surface area contributed by atoms with E-state index in [9.17, 15) is 23.9 Å². The van der Waals surface area contributed by atoms with Crippen LogP contribution in [-0.4, -0.2) is 141 Å². The molecule has 19 heteroatoms. The molecule has 350 valence electrons. The number of phenols is 1. The molecule has 2 unspecified atom stereocenters. The van der Waals surface area contributed by atoms with E-state index >= 15 is 4.39 Å². The van der Waals surface area contributed by atoms with Crippen LogP contribution in [0.4, 0.5) is 25.0 Å². The maximum absolute atomic E-state index is 15.3. The van der Waals surface area contributed by atoms with Crippen molar-refractivity contribution in [1.29, 1.82) is 0 Å². The predicted molar refractivity (Wildman–Crippen MR) is 243 cm³/mol. The maximum atomic E-state index is 15.3. The SMILES string of the molecule is C=N/N=C(N)\C(=C/Cc1cccc(F)c1O)N1CC2COCC(C1)N2c1cc(F)cc(OC2CCN(C(=O)N(C)C3CCN(c4ccc[c-]c4OC[CH2-])CC3)CC2)c1.[CH2-]CC(=O)N[C-]=O.[Na+]. The van der Waals surface area contributed by atoms with Crippen molar-refractivity contribution in [2.75, 3.05) is 75.9 Å². The van der Waals surface area contributed by atoms with Gasteiger partial charge in [0.1, 0.15) is 17.7 Å². The quantitative estimate of drug-likeness (QED) is 0.0535. The number of nitrogens with zero attached hydrogens (tertiary/aromatic N) is 7. The molecule has 4 heterocycles. The first kappa shape index (κ1) is 51.6. The number of para-hydroxylation sites is 2. The van der Waals surface area contributed by atoms with Gasteiger partial charge in [-0.1, -0.05) is 18.2 Å². The Bertz CT molecular complexity index is 2170. The number of hydrogen-bond donors (Lipinski definition) is 3. The molecule has 0 aliphatic carbocycles. The van der Waals surface area contributed by atoms with Gasteiger partial charge in [0.05, 0.1) is 37.4 Å². The average molecular weight is 921 g/mol. The van der Waals surface area contributed by atoms with Gasteiger partial charge in [-0.15, -0.1) is 17.2 Å². The van der Waals surface area contributed by atoms with Crippen molar-refractivity contribution in [3.63, 3.8) is 0 Å². The van der Waals surface area contributed by atoms with E-state index in [1.165, 1.54) is 30.7 Å². The number of benzene rings is 3. The molecule has 16 nitrogen and oxygen atoms in total. The summed E-state index contributed by atoms with van der Waals surface area (Å²) in [5.74, 6) is -0.652. The van der Waals surface area contributed by atoms with E-state index in [0.29, 0.717) is 87.3 Å². The van der Waals surface area contributed by atoms with E-state index in [0.717, 1.165) is 31.6 Å². The Labute approximate surface area is 407 Å². The van der Waals surface area contributed by atoms with Gasteiger partial charge in [-0.05, 0) is 43.7 Å². The predicted octanol–water partition coefficient (Wildman–Crippen LogP) is 1.63. The number of likely N-dealkylation sites (tertiary alicyclic amines) is 1. The summed E-state index contributed by atoms with van der Waals surface area (Å²) >= 11 is 0. The Hall–Kier alpha value is -5.43. The number of urea groups is 1. The number of ether oxygens (including phenoxy) is 3. The Morgan fingerprint density at radius 3 is 2.41 bits per heavy atom. The molecule has 2 atom stereocenters. The number of phenolic OH excluding ortho intramolecular Hbond substituents is 1. The van der Waals surface area contributed by atoms with E-state index in [1.54, 1.807) is 17.5 Å². The van der Waals surface area contributed by atoms with Crippen molar-refractivity contribution < 1.29 is 72.0 Å². The molecule has 0 saturated carbocycles. The number of amidine groups is 1. The number of carbonyl (C=O) groups is 2. The van der Waals surface area contributed by atoms with Gasteiger partial charge in [-0.3, -0.25) is 0 Å². The number of piperidine rings is 2. The fraction of sp³-hybridized carbons (Fsp3) is 0.426. The van der Waals surface area contributed by atoms with Gasteiger partial charge in [0.15, 0.2) is 17.4 Å². The first-order chi connectivity index (χ1) is 31.4. The molecule has 4 aliphatic rings. The zero-order chi connectivity index (χ0) is 46.5. The molecule has 7 rings (SSSR count). The van der Waals surface area contributed by atoms with E-state index in [1.807, 2.05) is 41.1 Å². The van der Waals surface area contributed by atoms with Crippen molar-refractivity contribution in [3.05, 3.63) is 103 Å². The second-order valence-electron chi connectivity index (χ2n) is 16.0. The van der Waals surface area contributed by atoms with Crippen LogP contribution in [0, 0.1) is 31.5 Å². The minimum atomic E-state index is -0.703. The number of imide groups is 1. The molecule has 0 radical (unpaired) electrons. The van der Waals surface area contributed by atoms with Gasteiger partial charge in [0.25, 0.3) is 0 Å². The molecule has 0 spiro atoms. The van der Waals surface area contributed by atoms with Crippen LogP contribution in [0.25, 0.3) is 0 Å². The smallest absolute Gasteiger partial charge is 0.549 e. The van der Waals surface area contributed by atoms with Gasteiger partial charge in [0, 0.05) is 107 Å². The summed E-state index contributed by atoms with van der Waals surface area (Å²) in [7, 11) is 1.89. The number of carbonyl (C=O) groups excluding carboxylic acids is 3. The number of nitrogens with one attached hydrogen (secondary N) is 1. The van der Waals surface area contributed by atoms with Crippen LogP contribution in [0.2, 0.25) is 0 Å². The van der Waals surface area contributed by atoms with Crippen LogP contribution in [0.1, 0.15) is 37.7 Å². The molecule has 4 amide bonds. The molecule has 2 bridgehead atoms. The van der Waals surface area contributed by atoms with Crippen molar-refractivity contribution >= 4 is 42.3 Å². The van der Waals surface area contributed by atoms with Crippen molar-refractivity contribution in [2.24, 2.45) is 15.9 Å². The number of halogens is 2. The molecular formula is C47H57F2N9NaO7-3. The van der Waals surface area contributed by atoms with Crippen LogP contribution in [0.5, 0.6) is 17.2 Å². The number of aromatic hydroxyl groups is 1. The monoisotopic (exact) mass is 920 g/mol. The van der Waals surface area contributed by atoms with Crippen LogP contribution >= 0.6 is 0 Å². The van der Waals surface area contributed by atoms with E-state index in [4.69, 9.17) is 19.9 Å². The van der Waals surface area contributed by atoms with Crippen molar-refractivity contribution in [1.82, 2.24) is 20.0 Å². The Kier molecular flexibility index (Phi) is 19.5. The third kappa shape index (κ3) is 13.1. The number of rotatable bonds is 14. The van der Waals surface area contributed by atoms with Crippen molar-refractivity contribution in [3.8, 4) is 17.2 Å². The molecule has 66 heavy (non-hydrogen) atoms. The van der Waals surface area contributed by atoms with Crippen LogP contribution in [0.3, 0.4) is 0 Å². The van der Waals surface area contributed by atoms with E-state index in [-0.39, 0.29) is 78.5 Å². The summed E-state index contributed by atoms with van der Waals surface area (Å²) in [5.41, 5.74) is 9.03. The average Bonchev–Trinajstić information content (AvgIpc) is 3.30. The topological polar surface area (TPSA) is 178 Å². The Morgan fingerprint density at radius 1 is 1.06 bits per heavy atom. The molecule has 3 aromatic rings. The molecule has 4 N–H and O–H groups in total. The number of nitrogens with two attached hydrogens (primary N) is 1. The fourth-order valence-electron chi connectivity index (χ4n) is 8.73. The summed E-state index contributed by atoms with van der Waals surface area (Å²) in [5, 5.41) is 19.6. The zero-order valence-electron chi connectivity index (χ0n) is 37.7. The molecule has 3 aromatic carbocycles. The number of morpholine rings is 1. The number of hydrogen-bond acceptors (Lipinski definition) is 12. The standard InChI is InChI=1S/C43H52F2N8O5.C4H5NO2.Na/c1-4-57-40-11-6-5-10-38(40)50-18-14-31(15-19-50)49(3)43(55)51-20-16-35(17-21-51)58-36-23-30(44)22-32(24-36)53-33-25-52(26-34(53)28-56-27-33)39(42(46)48-47-2)13-12-29-8-7-9-37(45)41(29)54;1-2-4(7)5-3-6;/h5-10,13,22-24,31,33-35,54H,1-2,4,12,14-21,25-28H2,3H3,(H2,46,48);1-2H2,(H,5,6,7);/q2*-2;+1/b39-13+;;. The number of allylic oxidation sites excluding steroid dienone is 1. The largest absolute Gasteiger partial charge is 1.00 e. The summed E-state index contributed by atoms with van der Waals surface area (Å²) in [6, 6.07) is 18.0. The molecule has 4 saturated heterocycles. The summed E-state index contributed by atoms with van der Waals surface area (Å²) in [6.45, 7) is 15.2. The number of piperazine rings is 1. The number of fused-ring (bicyclic) bond motifs is 2. The first-order valence-corrected chi connectivity index (χ1v) is 21.6. The Balaban J connectivity index is 0.000000945. The van der Waals surface area contributed by atoms with Crippen molar-refractivity contribution in [2.45, 2.75) is 62.8 Å². The summed E-state index contributed by atoms with van der Waals surface area (Å²) in [4.78, 5) is 43.2. The van der Waals surface area contributed by atoms with E-state index < -0.39 is 23.3 Å². The second-order valence-corrected chi connectivity index (χ2v) is 16.0. The number of anilines is 2. The normalized spacial score (nSPS) is 19.2. The fourth-order valence-corrected chi connectivity index (χ4v) is 8.73. The minimum absolute atomic E-state index is 0. The van der Waals surface area contributed by atoms with Gasteiger partial charge in [-0.25, -0.2) is 13.6 Å². The van der Waals surface area contributed by atoms with Gasteiger partial charge in [0.2, 0.25) is 0 Å². The third-order valence-electron chi connectivity index (χ3n) is 11.9. The second kappa shape index (κ2) is 24.9. The molecule has 4 aliphatic heterocycles. The van der Waals surface area contributed by atoms with Gasteiger partial charge >= 0.3 is 35.6 Å². The van der Waals surface area contributed by atoms with Crippen LogP contribution < -0.4 is 59.9 Å². The Morgan fingerprint density at radius 2 is 1.77 bits per heavy atom. The maximum Gasteiger partial charge on any atom is 1.00 e. The van der Waals surface area contributed by atoms with Crippen LogP contribution in [0.15, 0.2) is 76.6 Å².